The summed E-state index contributed by atoms with van der Waals surface area (Å²) in [5, 5.41) is 0.339. The zero-order chi connectivity index (χ0) is 28.9. The largest absolute Gasteiger partial charge is 0.496 e. The molecule has 0 aliphatic carbocycles. The Labute approximate surface area is 239 Å². The summed E-state index contributed by atoms with van der Waals surface area (Å²) in [5.74, 6) is 0.686. The number of hydrogen-bond acceptors (Lipinski definition) is 9. The van der Waals surface area contributed by atoms with E-state index in [9.17, 15) is 14.4 Å². The van der Waals surface area contributed by atoms with Crippen molar-refractivity contribution in [3.63, 3.8) is 0 Å². The second-order valence-corrected chi connectivity index (χ2v) is 11.8. The van der Waals surface area contributed by atoms with Crippen molar-refractivity contribution in [2.45, 2.75) is 58.1 Å². The Morgan fingerprint density at radius 2 is 2.00 bits per heavy atom. The number of carbonyl (C=O) groups excluding carboxylic acids is 1. The van der Waals surface area contributed by atoms with Gasteiger partial charge in [-0.05, 0) is 38.8 Å². The first-order chi connectivity index (χ1) is 19.7. The zero-order valence-electron chi connectivity index (χ0n) is 23.4. The molecule has 2 atom stereocenters. The van der Waals surface area contributed by atoms with E-state index in [-0.39, 0.29) is 12.5 Å². The molecule has 0 N–H and O–H groups in total. The highest BCUT2D eigenvalue weighted by molar-refractivity contribution is 7.22. The number of ether oxygens (including phenoxy) is 3. The number of benzene rings is 1. The third-order valence-electron chi connectivity index (χ3n) is 7.87. The summed E-state index contributed by atoms with van der Waals surface area (Å²) in [6, 6.07) is 7.45. The lowest BCUT2D eigenvalue weighted by Crippen LogP contribution is -2.59. The Balaban J connectivity index is 1.58. The first-order valence-electron chi connectivity index (χ1n) is 13.6. The summed E-state index contributed by atoms with van der Waals surface area (Å²) in [6.07, 6.45) is 3.53. The molecule has 6 rings (SSSR count). The van der Waals surface area contributed by atoms with Crippen molar-refractivity contribution in [2.24, 2.45) is 0 Å². The highest BCUT2D eigenvalue weighted by atomic mass is 32.1. The van der Waals surface area contributed by atoms with Crippen LogP contribution in [0.4, 0.5) is 0 Å². The van der Waals surface area contributed by atoms with Gasteiger partial charge in [-0.1, -0.05) is 18.2 Å². The molecule has 1 amide bonds. The molecular weight excluding hydrogens is 548 g/mol. The number of hydrogen-bond donors (Lipinski definition) is 0. The summed E-state index contributed by atoms with van der Waals surface area (Å²) in [4.78, 5) is 49.1. The molecule has 12 heteroatoms. The van der Waals surface area contributed by atoms with Gasteiger partial charge < -0.3 is 23.5 Å². The second-order valence-electron chi connectivity index (χ2n) is 10.8. The van der Waals surface area contributed by atoms with E-state index in [1.165, 1.54) is 28.4 Å². The number of para-hydroxylation sites is 1. The van der Waals surface area contributed by atoms with Crippen molar-refractivity contribution < 1.29 is 23.4 Å². The molecule has 11 nitrogen and oxygen atoms in total. The number of amides is 1. The molecule has 2 aliphatic heterocycles. The molecule has 216 valence electrons. The number of aryl methyl sites for hydroxylation is 1. The first kappa shape index (κ1) is 27.4. The van der Waals surface area contributed by atoms with E-state index in [0.29, 0.717) is 52.0 Å². The van der Waals surface area contributed by atoms with Crippen molar-refractivity contribution in [2.75, 3.05) is 26.8 Å². The van der Waals surface area contributed by atoms with Gasteiger partial charge in [0.05, 0.1) is 36.7 Å². The molecule has 0 spiro atoms. The minimum absolute atomic E-state index is 0.0504. The SMILES string of the molecule is COc1ccccc1[C@H](Cn1c(=O)n(C(C)(C)C(=O)N2CCC2)c(=O)c2c(C)c(-c3ncco3)sc21)OC1CCO1. The van der Waals surface area contributed by atoms with Gasteiger partial charge in [0, 0.05) is 25.1 Å². The number of oxazole rings is 1. The van der Waals surface area contributed by atoms with E-state index in [2.05, 4.69) is 4.98 Å². The summed E-state index contributed by atoms with van der Waals surface area (Å²) in [6.45, 7) is 6.90. The van der Waals surface area contributed by atoms with E-state index in [1.807, 2.05) is 24.3 Å². The molecule has 1 unspecified atom stereocenters. The summed E-state index contributed by atoms with van der Waals surface area (Å²) < 4.78 is 25.8. The number of methoxy groups -OCH3 is 1. The molecular formula is C29H32N4O7S. The standard InChI is InChI=1S/C29H32N4O7S/c1-17-22-25(34)33(29(2,3)27(35)31-12-7-13-31)28(36)32(26(22)41-23(17)24-30-11-15-39-24)16-20(40-21-10-14-38-21)18-8-5-6-9-19(18)37-4/h5-6,8-9,11,15,20-21H,7,10,12-14,16H2,1-4H3/t20-,21?/m0/s1. The Hall–Kier alpha value is -3.74. The van der Waals surface area contributed by atoms with Gasteiger partial charge in [-0.2, -0.15) is 0 Å². The second kappa shape index (κ2) is 10.6. The van der Waals surface area contributed by atoms with Crippen LogP contribution in [0.5, 0.6) is 5.75 Å². The van der Waals surface area contributed by atoms with E-state index < -0.39 is 29.2 Å². The van der Waals surface area contributed by atoms with Crippen LogP contribution in [-0.2, 0) is 26.4 Å². The lowest BCUT2D eigenvalue weighted by atomic mass is 10.00. The lowest BCUT2D eigenvalue weighted by Gasteiger charge is -2.38. The fourth-order valence-corrected chi connectivity index (χ4v) is 6.60. The highest BCUT2D eigenvalue weighted by Gasteiger charge is 2.40. The minimum Gasteiger partial charge on any atom is -0.496 e. The van der Waals surface area contributed by atoms with E-state index >= 15 is 0 Å². The number of likely N-dealkylation sites (tertiary alicyclic amines) is 1. The number of thiophene rings is 1. The Morgan fingerprint density at radius 3 is 2.61 bits per heavy atom. The fraction of sp³-hybridized carbons (Fsp3) is 0.448. The van der Waals surface area contributed by atoms with Gasteiger partial charge >= 0.3 is 5.69 Å². The molecule has 4 aromatic rings. The summed E-state index contributed by atoms with van der Waals surface area (Å²) >= 11 is 1.25. The van der Waals surface area contributed by atoms with Gasteiger partial charge in [0.2, 0.25) is 11.8 Å². The van der Waals surface area contributed by atoms with Crippen LogP contribution in [0.1, 0.15) is 43.9 Å². The average molecular weight is 581 g/mol. The molecule has 2 saturated heterocycles. The van der Waals surface area contributed by atoms with Crippen LogP contribution >= 0.6 is 11.3 Å². The monoisotopic (exact) mass is 580 g/mol. The molecule has 1 aromatic carbocycles. The van der Waals surface area contributed by atoms with Crippen molar-refractivity contribution in [3.05, 3.63) is 68.7 Å². The van der Waals surface area contributed by atoms with Crippen LogP contribution in [0.2, 0.25) is 0 Å². The third-order valence-corrected chi connectivity index (χ3v) is 9.18. The Kier molecular flexibility index (Phi) is 7.08. The molecule has 2 aliphatic rings. The maximum absolute atomic E-state index is 14.4. The highest BCUT2D eigenvalue weighted by Crippen LogP contribution is 2.38. The van der Waals surface area contributed by atoms with Crippen molar-refractivity contribution in [3.8, 4) is 16.5 Å². The van der Waals surface area contributed by atoms with E-state index in [4.69, 9.17) is 18.6 Å². The topological polar surface area (TPSA) is 118 Å². The maximum atomic E-state index is 14.4. The number of aromatic nitrogens is 3. The predicted molar refractivity (Wildman–Crippen MR) is 152 cm³/mol. The zero-order valence-corrected chi connectivity index (χ0v) is 24.2. The molecule has 2 fully saturated rings. The van der Waals surface area contributed by atoms with Crippen LogP contribution in [0.25, 0.3) is 21.0 Å². The number of rotatable bonds is 9. The van der Waals surface area contributed by atoms with Crippen molar-refractivity contribution in [1.82, 2.24) is 19.0 Å². The van der Waals surface area contributed by atoms with Crippen molar-refractivity contribution in [1.29, 1.82) is 0 Å². The Morgan fingerprint density at radius 1 is 1.24 bits per heavy atom. The van der Waals surface area contributed by atoms with Gasteiger partial charge in [-0.3, -0.25) is 14.2 Å². The Bertz CT molecular complexity index is 1710. The average Bonchev–Trinajstić information content (AvgIpc) is 3.54. The third kappa shape index (κ3) is 4.59. The molecule has 0 radical (unpaired) electrons. The molecule has 0 saturated carbocycles. The van der Waals surface area contributed by atoms with Gasteiger partial charge in [0.1, 0.15) is 28.5 Å². The van der Waals surface area contributed by atoms with Crippen LogP contribution in [0.15, 0.2) is 50.7 Å². The molecule has 41 heavy (non-hydrogen) atoms. The van der Waals surface area contributed by atoms with E-state index in [1.54, 1.807) is 32.8 Å². The maximum Gasteiger partial charge on any atom is 0.333 e. The first-order valence-corrected chi connectivity index (χ1v) is 14.4. The normalized spacial score (nSPS) is 17.8. The smallest absolute Gasteiger partial charge is 0.333 e. The lowest BCUT2D eigenvalue weighted by molar-refractivity contribution is -0.239. The van der Waals surface area contributed by atoms with Crippen LogP contribution < -0.4 is 16.0 Å². The molecule has 0 bridgehead atoms. The van der Waals surface area contributed by atoms with Crippen LogP contribution in [-0.4, -0.2) is 58.0 Å². The number of nitrogens with zero attached hydrogens (tertiary/aromatic N) is 4. The van der Waals surface area contributed by atoms with Gasteiger partial charge in [-0.25, -0.2) is 14.3 Å². The van der Waals surface area contributed by atoms with Crippen molar-refractivity contribution >= 4 is 27.5 Å². The molecule has 5 heterocycles. The fourth-order valence-electron chi connectivity index (χ4n) is 5.36. The summed E-state index contributed by atoms with van der Waals surface area (Å²) in [7, 11) is 1.58. The van der Waals surface area contributed by atoms with Crippen LogP contribution in [0, 0.1) is 6.92 Å². The quantitative estimate of drug-likeness (QED) is 0.294. The van der Waals surface area contributed by atoms with E-state index in [0.717, 1.165) is 23.0 Å². The number of carbonyl (C=O) groups is 1. The summed E-state index contributed by atoms with van der Waals surface area (Å²) in [5.41, 5.74) is -1.17. The number of fused-ring (bicyclic) bond motifs is 1. The molecule has 3 aromatic heterocycles. The van der Waals surface area contributed by atoms with Gasteiger partial charge in [0.15, 0.2) is 6.29 Å². The van der Waals surface area contributed by atoms with Gasteiger partial charge in [-0.15, -0.1) is 11.3 Å². The van der Waals surface area contributed by atoms with Gasteiger partial charge in [0.25, 0.3) is 5.56 Å². The minimum atomic E-state index is -1.42. The predicted octanol–water partition coefficient (Wildman–Crippen LogP) is 3.67. The van der Waals surface area contributed by atoms with Crippen LogP contribution in [0.3, 0.4) is 0 Å².